The van der Waals surface area contributed by atoms with Crippen LogP contribution in [0.15, 0.2) is 45.6 Å². The molecule has 0 bridgehead atoms. The summed E-state index contributed by atoms with van der Waals surface area (Å²) < 4.78 is 0. The molecular weight excluding hydrogens is 262 g/mol. The van der Waals surface area contributed by atoms with E-state index < -0.39 is 0 Å². The van der Waals surface area contributed by atoms with Crippen molar-refractivity contribution in [2.45, 2.75) is 0 Å². The van der Waals surface area contributed by atoms with Crippen molar-refractivity contribution in [2.75, 3.05) is 0 Å². The average molecular weight is 271 g/mol. The van der Waals surface area contributed by atoms with Gasteiger partial charge in [-0.15, -0.1) is 11.3 Å². The van der Waals surface area contributed by atoms with Crippen molar-refractivity contribution in [3.8, 4) is 5.88 Å². The van der Waals surface area contributed by atoms with Crippen LogP contribution in [0.3, 0.4) is 0 Å². The first-order valence-corrected chi connectivity index (χ1v) is 6.41. The summed E-state index contributed by atoms with van der Waals surface area (Å²) in [7, 11) is 0. The third-order valence-corrected chi connectivity index (χ3v) is 3.35. The summed E-state index contributed by atoms with van der Waals surface area (Å²) in [6, 6.07) is 7.06. The summed E-state index contributed by atoms with van der Waals surface area (Å²) in [6.07, 6.45) is 3.16. The molecule has 0 aliphatic carbocycles. The van der Waals surface area contributed by atoms with E-state index in [0.29, 0.717) is 21.5 Å². The third kappa shape index (κ3) is 2.13. The molecule has 5 nitrogen and oxygen atoms in total. The van der Waals surface area contributed by atoms with Gasteiger partial charge in [-0.3, -0.25) is 9.78 Å². The summed E-state index contributed by atoms with van der Waals surface area (Å²) in [5, 5.41) is 13.4. The van der Waals surface area contributed by atoms with Gasteiger partial charge in [0.2, 0.25) is 11.0 Å². The van der Waals surface area contributed by atoms with Crippen molar-refractivity contribution in [3.05, 3.63) is 51.8 Å². The Balaban J connectivity index is 2.20. The molecule has 6 heteroatoms. The van der Waals surface area contributed by atoms with Gasteiger partial charge in [0.05, 0.1) is 5.56 Å². The van der Waals surface area contributed by atoms with Crippen LogP contribution in [0.2, 0.25) is 0 Å². The number of H-pyrrole nitrogens is 1. The van der Waals surface area contributed by atoms with Gasteiger partial charge in [0.1, 0.15) is 0 Å². The number of aromatic hydroxyl groups is 1. The molecule has 0 radical (unpaired) electrons. The summed E-state index contributed by atoms with van der Waals surface area (Å²) in [5.41, 5.74) is 0.157. The number of nitrogens with one attached hydrogen (secondary N) is 1. The van der Waals surface area contributed by atoms with Gasteiger partial charge in [-0.25, -0.2) is 9.98 Å². The molecule has 1 aromatic carbocycles. The molecule has 0 spiro atoms. The molecule has 0 fully saturated rings. The molecule has 2 aromatic heterocycles. The monoisotopic (exact) mass is 271 g/mol. The first kappa shape index (κ1) is 11.6. The Bertz CT molecular complexity index is 806. The van der Waals surface area contributed by atoms with Crippen LogP contribution in [-0.2, 0) is 0 Å². The van der Waals surface area contributed by atoms with E-state index in [1.165, 1.54) is 17.6 Å². The maximum absolute atomic E-state index is 11.7. The smallest absolute Gasteiger partial charge is 0.258 e. The predicted octanol–water partition coefficient (Wildman–Crippen LogP) is 2.44. The second-order valence-electron chi connectivity index (χ2n) is 3.83. The Morgan fingerprint density at radius 3 is 2.84 bits per heavy atom. The second kappa shape index (κ2) is 4.66. The van der Waals surface area contributed by atoms with E-state index in [4.69, 9.17) is 0 Å². The Hall–Kier alpha value is -2.47. The number of pyridine rings is 1. The van der Waals surface area contributed by atoms with Crippen LogP contribution in [-0.4, -0.2) is 21.3 Å². The topological polar surface area (TPSA) is 78.3 Å². The lowest BCUT2D eigenvalue weighted by Gasteiger charge is -2.03. The largest absolute Gasteiger partial charge is 0.494 e. The number of thiazole rings is 1. The number of fused-ring (bicyclic) bond motifs is 1. The van der Waals surface area contributed by atoms with Gasteiger partial charge in [-0.1, -0.05) is 18.2 Å². The van der Waals surface area contributed by atoms with Crippen molar-refractivity contribution < 1.29 is 5.11 Å². The molecule has 94 valence electrons. The van der Waals surface area contributed by atoms with Gasteiger partial charge in [-0.2, -0.15) is 0 Å². The molecule has 19 heavy (non-hydrogen) atoms. The van der Waals surface area contributed by atoms with Gasteiger partial charge in [0.15, 0.2) is 0 Å². The highest BCUT2D eigenvalue weighted by molar-refractivity contribution is 7.13. The van der Waals surface area contributed by atoms with E-state index in [2.05, 4.69) is 15.0 Å². The van der Waals surface area contributed by atoms with Crippen molar-refractivity contribution in [3.63, 3.8) is 0 Å². The van der Waals surface area contributed by atoms with Gasteiger partial charge in [0.25, 0.3) is 5.56 Å². The number of nitrogens with zero attached hydrogens (tertiary/aromatic N) is 2. The Morgan fingerprint density at radius 1 is 1.32 bits per heavy atom. The fraction of sp³-hybridized carbons (Fsp3) is 0. The highest BCUT2D eigenvalue weighted by Gasteiger charge is 2.08. The van der Waals surface area contributed by atoms with Crippen LogP contribution in [0.25, 0.3) is 10.8 Å². The minimum absolute atomic E-state index is 0.191. The first-order chi connectivity index (χ1) is 9.25. The van der Waals surface area contributed by atoms with E-state index >= 15 is 0 Å². The van der Waals surface area contributed by atoms with Crippen molar-refractivity contribution >= 4 is 33.5 Å². The second-order valence-corrected chi connectivity index (χ2v) is 4.71. The molecular formula is C13H9N3O2S. The van der Waals surface area contributed by atoms with Crippen molar-refractivity contribution in [1.29, 1.82) is 0 Å². The maximum Gasteiger partial charge on any atom is 0.258 e. The fourth-order valence-electron chi connectivity index (χ4n) is 1.82. The molecule has 0 saturated heterocycles. The van der Waals surface area contributed by atoms with Crippen molar-refractivity contribution in [2.24, 2.45) is 4.99 Å². The molecule has 0 amide bonds. The lowest BCUT2D eigenvalue weighted by molar-refractivity contribution is 0.452. The van der Waals surface area contributed by atoms with Crippen LogP contribution in [0, 0.1) is 0 Å². The van der Waals surface area contributed by atoms with E-state index in [0.717, 1.165) is 0 Å². The molecule has 2 N–H and O–H groups in total. The number of benzene rings is 1. The zero-order valence-electron chi connectivity index (χ0n) is 9.70. The predicted molar refractivity (Wildman–Crippen MR) is 75.6 cm³/mol. The lowest BCUT2D eigenvalue weighted by Crippen LogP contribution is -2.07. The van der Waals surface area contributed by atoms with E-state index in [9.17, 15) is 9.90 Å². The van der Waals surface area contributed by atoms with Gasteiger partial charge >= 0.3 is 0 Å². The number of aromatic amines is 1. The molecule has 0 aliphatic rings. The normalized spacial score (nSPS) is 11.4. The summed E-state index contributed by atoms with van der Waals surface area (Å²) in [5.74, 6) is -0.191. The van der Waals surface area contributed by atoms with Crippen LogP contribution in [0.1, 0.15) is 5.56 Å². The average Bonchev–Trinajstić information content (AvgIpc) is 2.92. The zero-order chi connectivity index (χ0) is 13.2. The summed E-state index contributed by atoms with van der Waals surface area (Å²) >= 11 is 1.39. The molecule has 0 atom stereocenters. The van der Waals surface area contributed by atoms with E-state index in [-0.39, 0.29) is 11.4 Å². The molecule has 0 saturated carbocycles. The minimum Gasteiger partial charge on any atom is -0.494 e. The molecule has 0 aliphatic heterocycles. The van der Waals surface area contributed by atoms with Crippen molar-refractivity contribution in [1.82, 2.24) is 9.97 Å². The minimum atomic E-state index is -0.320. The number of hydrogen-bond acceptors (Lipinski definition) is 5. The maximum atomic E-state index is 11.7. The Kier molecular flexibility index (Phi) is 2.85. The lowest BCUT2D eigenvalue weighted by atomic mass is 10.1. The van der Waals surface area contributed by atoms with Gasteiger partial charge in [0, 0.05) is 28.6 Å². The molecule has 3 rings (SSSR count). The Labute approximate surface area is 111 Å². The van der Waals surface area contributed by atoms with Crippen LogP contribution in [0.4, 0.5) is 5.13 Å². The van der Waals surface area contributed by atoms with Crippen LogP contribution in [0.5, 0.6) is 5.88 Å². The fourth-order valence-corrected chi connectivity index (χ4v) is 2.29. The molecule has 2 heterocycles. The molecule has 0 unspecified atom stereocenters. The Morgan fingerprint density at radius 2 is 2.11 bits per heavy atom. The third-order valence-electron chi connectivity index (χ3n) is 2.67. The highest BCUT2D eigenvalue weighted by Crippen LogP contribution is 2.22. The SMILES string of the molecule is O=c1[nH]c(O)c(/C=N/c2nccs2)c2ccccc12. The van der Waals surface area contributed by atoms with E-state index in [1.54, 1.807) is 24.4 Å². The number of aliphatic imine (C=N–C) groups is 1. The van der Waals surface area contributed by atoms with Gasteiger partial charge < -0.3 is 5.11 Å². The zero-order valence-corrected chi connectivity index (χ0v) is 10.5. The standard InChI is InChI=1S/C13H9N3O2S/c17-11-9-4-2-1-3-8(9)10(12(18)16-11)7-15-13-14-5-6-19-13/h1-7H,(H2,16,17,18)/b15-7+. The number of aromatic nitrogens is 2. The summed E-state index contributed by atoms with van der Waals surface area (Å²) in [6.45, 7) is 0. The number of rotatable bonds is 2. The van der Waals surface area contributed by atoms with Crippen LogP contribution >= 0.6 is 11.3 Å². The number of hydrogen-bond donors (Lipinski definition) is 2. The van der Waals surface area contributed by atoms with Gasteiger partial charge in [-0.05, 0) is 6.07 Å². The van der Waals surface area contributed by atoms with E-state index in [1.807, 2.05) is 11.4 Å². The summed E-state index contributed by atoms with van der Waals surface area (Å²) in [4.78, 5) is 22.3. The van der Waals surface area contributed by atoms with Crippen LogP contribution < -0.4 is 5.56 Å². The highest BCUT2D eigenvalue weighted by atomic mass is 32.1. The first-order valence-electron chi connectivity index (χ1n) is 5.53. The molecule has 3 aromatic rings. The quantitative estimate of drug-likeness (QED) is 0.703.